The summed E-state index contributed by atoms with van der Waals surface area (Å²) in [5, 5.41) is 1.42. The molecule has 0 aliphatic carbocycles. The maximum Gasteiger partial charge on any atom is 0.262 e. The number of rotatable bonds is 8. The molecular formula is C18H23BrN2O3S. The highest BCUT2D eigenvalue weighted by Gasteiger charge is 2.18. The number of halogens is 1. The van der Waals surface area contributed by atoms with Gasteiger partial charge in [-0.3, -0.25) is 9.36 Å². The number of thioether (sulfide) groups is 1. The van der Waals surface area contributed by atoms with E-state index in [2.05, 4.69) is 15.9 Å². The topological polar surface area (TPSA) is 53.4 Å². The minimum atomic E-state index is 0.0117. The van der Waals surface area contributed by atoms with Crippen molar-refractivity contribution >= 4 is 38.6 Å². The fourth-order valence-electron chi connectivity index (χ4n) is 2.89. The summed E-state index contributed by atoms with van der Waals surface area (Å²) in [6.45, 7) is 4.77. The molecule has 2 heterocycles. The zero-order valence-corrected chi connectivity index (χ0v) is 16.8. The Kier molecular flexibility index (Phi) is 6.92. The van der Waals surface area contributed by atoms with Crippen LogP contribution in [0.3, 0.4) is 0 Å². The summed E-state index contributed by atoms with van der Waals surface area (Å²) in [5.74, 6) is 0.833. The standard InChI is InChI=1S/C18H23BrN2O3S/c1-2-23-9-4-8-21-17(22)15-11-13(19)6-7-16(15)20-18(21)25-12-14-5-3-10-24-14/h6-7,11,14H,2-5,8-10,12H2,1H3. The smallest absolute Gasteiger partial charge is 0.262 e. The highest BCUT2D eigenvalue weighted by atomic mass is 79.9. The van der Waals surface area contributed by atoms with Gasteiger partial charge in [0.25, 0.3) is 5.56 Å². The monoisotopic (exact) mass is 426 g/mol. The molecule has 2 aromatic rings. The summed E-state index contributed by atoms with van der Waals surface area (Å²) < 4.78 is 13.8. The van der Waals surface area contributed by atoms with E-state index in [9.17, 15) is 4.79 Å². The first-order valence-electron chi connectivity index (χ1n) is 8.71. The van der Waals surface area contributed by atoms with Crippen LogP contribution in [-0.4, -0.2) is 41.2 Å². The zero-order valence-electron chi connectivity index (χ0n) is 14.4. The van der Waals surface area contributed by atoms with Crippen LogP contribution in [0, 0.1) is 0 Å². The van der Waals surface area contributed by atoms with Crippen molar-refractivity contribution in [1.82, 2.24) is 9.55 Å². The van der Waals surface area contributed by atoms with Gasteiger partial charge in [-0.15, -0.1) is 0 Å². The van der Waals surface area contributed by atoms with Gasteiger partial charge < -0.3 is 9.47 Å². The van der Waals surface area contributed by atoms with E-state index in [0.29, 0.717) is 25.1 Å². The van der Waals surface area contributed by atoms with Crippen molar-refractivity contribution in [3.63, 3.8) is 0 Å². The minimum Gasteiger partial charge on any atom is -0.382 e. The van der Waals surface area contributed by atoms with Gasteiger partial charge in [-0.05, 0) is 44.4 Å². The van der Waals surface area contributed by atoms with Crippen LogP contribution in [0.15, 0.2) is 32.6 Å². The second kappa shape index (κ2) is 9.16. The SMILES string of the molecule is CCOCCCn1c(SCC2CCCO2)nc2ccc(Br)cc2c1=O. The van der Waals surface area contributed by atoms with Gasteiger partial charge in [-0.2, -0.15) is 0 Å². The molecule has 0 spiro atoms. The van der Waals surface area contributed by atoms with E-state index in [-0.39, 0.29) is 11.7 Å². The van der Waals surface area contributed by atoms with E-state index in [1.807, 2.05) is 25.1 Å². The first kappa shape index (κ1) is 18.9. The fourth-order valence-corrected chi connectivity index (χ4v) is 4.34. The number of benzene rings is 1. The molecule has 136 valence electrons. The van der Waals surface area contributed by atoms with Crippen LogP contribution < -0.4 is 5.56 Å². The Bertz CT molecular complexity index is 775. The molecule has 25 heavy (non-hydrogen) atoms. The lowest BCUT2D eigenvalue weighted by Crippen LogP contribution is -2.24. The van der Waals surface area contributed by atoms with Crippen molar-refractivity contribution < 1.29 is 9.47 Å². The molecule has 7 heteroatoms. The Morgan fingerprint density at radius 1 is 1.48 bits per heavy atom. The summed E-state index contributed by atoms with van der Waals surface area (Å²) in [6.07, 6.45) is 3.26. The zero-order chi connectivity index (χ0) is 17.6. The number of aromatic nitrogens is 2. The van der Waals surface area contributed by atoms with Gasteiger partial charge in [0, 0.05) is 36.6 Å². The van der Waals surface area contributed by atoms with Crippen molar-refractivity contribution in [3.8, 4) is 0 Å². The number of hydrogen-bond donors (Lipinski definition) is 0. The summed E-state index contributed by atoms with van der Waals surface area (Å²) in [4.78, 5) is 17.7. The molecule has 1 aromatic carbocycles. The molecule has 5 nitrogen and oxygen atoms in total. The third-order valence-corrected chi connectivity index (χ3v) is 5.78. The molecule has 0 radical (unpaired) electrons. The third kappa shape index (κ3) is 4.84. The van der Waals surface area contributed by atoms with Gasteiger partial charge in [-0.25, -0.2) is 4.98 Å². The largest absolute Gasteiger partial charge is 0.382 e. The molecule has 0 bridgehead atoms. The Labute approximate surface area is 160 Å². The lowest BCUT2D eigenvalue weighted by molar-refractivity contribution is 0.128. The molecule has 0 saturated carbocycles. The molecule has 3 rings (SSSR count). The van der Waals surface area contributed by atoms with Crippen LogP contribution in [0.25, 0.3) is 10.9 Å². The average Bonchev–Trinajstić information content (AvgIpc) is 3.13. The lowest BCUT2D eigenvalue weighted by Gasteiger charge is -2.15. The molecular weight excluding hydrogens is 404 g/mol. The summed E-state index contributed by atoms with van der Waals surface area (Å²) in [7, 11) is 0. The molecule has 1 fully saturated rings. The van der Waals surface area contributed by atoms with Crippen LogP contribution >= 0.6 is 27.7 Å². The summed E-state index contributed by atoms with van der Waals surface area (Å²) >= 11 is 5.06. The van der Waals surface area contributed by atoms with E-state index in [4.69, 9.17) is 14.5 Å². The Morgan fingerprint density at radius 2 is 2.36 bits per heavy atom. The van der Waals surface area contributed by atoms with Crippen molar-refractivity contribution in [2.75, 3.05) is 25.6 Å². The number of hydrogen-bond acceptors (Lipinski definition) is 5. The van der Waals surface area contributed by atoms with Gasteiger partial charge in [-0.1, -0.05) is 27.7 Å². The molecule has 1 aliphatic heterocycles. The third-order valence-electron chi connectivity index (χ3n) is 4.18. The van der Waals surface area contributed by atoms with E-state index >= 15 is 0 Å². The molecule has 1 unspecified atom stereocenters. The van der Waals surface area contributed by atoms with Gasteiger partial charge in [0.15, 0.2) is 5.16 Å². The predicted octanol–water partition coefficient (Wildman–Crippen LogP) is 3.86. The Balaban J connectivity index is 1.87. The maximum absolute atomic E-state index is 13.0. The quantitative estimate of drug-likeness (QED) is 0.364. The van der Waals surface area contributed by atoms with Crippen molar-refractivity contribution in [2.45, 2.75) is 44.0 Å². The Morgan fingerprint density at radius 3 is 3.12 bits per heavy atom. The minimum absolute atomic E-state index is 0.0117. The van der Waals surface area contributed by atoms with Gasteiger partial charge in [0.2, 0.25) is 0 Å². The molecule has 1 aromatic heterocycles. The average molecular weight is 427 g/mol. The molecule has 1 atom stereocenters. The van der Waals surface area contributed by atoms with Crippen molar-refractivity contribution in [1.29, 1.82) is 0 Å². The highest BCUT2D eigenvalue weighted by molar-refractivity contribution is 9.10. The van der Waals surface area contributed by atoms with E-state index in [0.717, 1.165) is 46.8 Å². The second-order valence-electron chi connectivity index (χ2n) is 6.01. The van der Waals surface area contributed by atoms with Gasteiger partial charge in [0.1, 0.15) is 0 Å². The number of fused-ring (bicyclic) bond motifs is 1. The molecule has 0 N–H and O–H groups in total. The van der Waals surface area contributed by atoms with Crippen LogP contribution in [0.2, 0.25) is 0 Å². The van der Waals surface area contributed by atoms with E-state index in [1.54, 1.807) is 16.3 Å². The first-order valence-corrected chi connectivity index (χ1v) is 10.5. The van der Waals surface area contributed by atoms with Crippen LogP contribution in [-0.2, 0) is 16.0 Å². The van der Waals surface area contributed by atoms with E-state index in [1.165, 1.54) is 0 Å². The van der Waals surface area contributed by atoms with Gasteiger partial charge >= 0.3 is 0 Å². The second-order valence-corrected chi connectivity index (χ2v) is 7.91. The lowest BCUT2D eigenvalue weighted by atomic mass is 10.2. The summed E-state index contributed by atoms with van der Waals surface area (Å²) in [6, 6.07) is 5.66. The first-order chi connectivity index (χ1) is 12.2. The molecule has 0 amide bonds. The number of ether oxygens (including phenoxy) is 2. The van der Waals surface area contributed by atoms with E-state index < -0.39 is 0 Å². The number of nitrogens with zero attached hydrogens (tertiary/aromatic N) is 2. The van der Waals surface area contributed by atoms with Crippen molar-refractivity contribution in [2.24, 2.45) is 0 Å². The van der Waals surface area contributed by atoms with Crippen LogP contribution in [0.4, 0.5) is 0 Å². The molecule has 1 saturated heterocycles. The normalized spacial score (nSPS) is 17.4. The van der Waals surface area contributed by atoms with Crippen LogP contribution in [0.1, 0.15) is 26.2 Å². The fraction of sp³-hybridized carbons (Fsp3) is 0.556. The van der Waals surface area contributed by atoms with Gasteiger partial charge in [0.05, 0.1) is 17.0 Å². The van der Waals surface area contributed by atoms with Crippen molar-refractivity contribution in [3.05, 3.63) is 33.0 Å². The maximum atomic E-state index is 13.0. The Hall–Kier alpha value is -0.890. The highest BCUT2D eigenvalue weighted by Crippen LogP contribution is 2.24. The predicted molar refractivity (Wildman–Crippen MR) is 105 cm³/mol. The molecule has 1 aliphatic rings. The summed E-state index contributed by atoms with van der Waals surface area (Å²) in [5.41, 5.74) is 0.752. The van der Waals surface area contributed by atoms with Crippen LogP contribution in [0.5, 0.6) is 0 Å².